The van der Waals surface area contributed by atoms with Gasteiger partial charge in [0, 0.05) is 17.0 Å². The molecule has 114 valence electrons. The highest BCUT2D eigenvalue weighted by Gasteiger charge is 2.14. The Labute approximate surface area is 140 Å². The zero-order valence-corrected chi connectivity index (χ0v) is 13.7. The van der Waals surface area contributed by atoms with Crippen molar-refractivity contribution in [3.8, 4) is 5.69 Å². The molecule has 1 N–H and O–H groups in total. The average molecular weight is 392 g/mol. The number of aromatic amines is 1. The highest BCUT2D eigenvalue weighted by Crippen LogP contribution is 2.26. The smallest absolute Gasteiger partial charge is 0.305 e. The highest BCUT2D eigenvalue weighted by atomic mass is 79.9. The lowest BCUT2D eigenvalue weighted by Crippen LogP contribution is -2.33. The standard InChI is InChI=1S/C15H7BrFN3O2S/c16-12-4-10-13(23-12)14(21)20(15(22)19-10)11-6-18-5-7-1-2-8(17)3-9(7)11/h1-6H,(H,19,22). The van der Waals surface area contributed by atoms with Crippen molar-refractivity contribution >= 4 is 48.3 Å². The number of H-pyrrole nitrogens is 1. The summed E-state index contributed by atoms with van der Waals surface area (Å²) in [6.45, 7) is 0. The fraction of sp³-hybridized carbons (Fsp3) is 0. The molecule has 0 bridgehead atoms. The first-order chi connectivity index (χ1) is 11.0. The minimum atomic E-state index is -0.591. The van der Waals surface area contributed by atoms with Gasteiger partial charge in [-0.15, -0.1) is 11.3 Å². The van der Waals surface area contributed by atoms with Crippen LogP contribution in [0.15, 0.2) is 50.0 Å². The first-order valence-electron chi connectivity index (χ1n) is 6.52. The highest BCUT2D eigenvalue weighted by molar-refractivity contribution is 9.11. The molecular weight excluding hydrogens is 385 g/mol. The minimum absolute atomic E-state index is 0.250. The Kier molecular flexibility index (Phi) is 3.17. The number of nitrogens with one attached hydrogen (secondary N) is 1. The van der Waals surface area contributed by atoms with E-state index in [4.69, 9.17) is 0 Å². The molecule has 0 unspecified atom stereocenters. The summed E-state index contributed by atoms with van der Waals surface area (Å²) in [6, 6.07) is 5.82. The molecule has 0 atom stereocenters. The Morgan fingerprint density at radius 2 is 2.04 bits per heavy atom. The molecule has 5 nitrogen and oxygen atoms in total. The van der Waals surface area contributed by atoms with Crippen LogP contribution in [0.2, 0.25) is 0 Å². The molecule has 0 spiro atoms. The average Bonchev–Trinajstić information content (AvgIpc) is 2.88. The van der Waals surface area contributed by atoms with Crippen LogP contribution < -0.4 is 11.2 Å². The number of thiophene rings is 1. The van der Waals surface area contributed by atoms with Crippen LogP contribution >= 0.6 is 27.3 Å². The quantitative estimate of drug-likeness (QED) is 0.541. The zero-order chi connectivity index (χ0) is 16.1. The molecule has 3 heterocycles. The van der Waals surface area contributed by atoms with Crippen LogP contribution in [0.25, 0.3) is 26.7 Å². The maximum Gasteiger partial charge on any atom is 0.333 e. The van der Waals surface area contributed by atoms with E-state index in [1.165, 1.54) is 29.7 Å². The Balaban J connectivity index is 2.17. The second-order valence-electron chi connectivity index (χ2n) is 4.89. The number of rotatable bonds is 1. The third kappa shape index (κ3) is 2.22. The van der Waals surface area contributed by atoms with Crippen molar-refractivity contribution in [3.63, 3.8) is 0 Å². The molecule has 3 aromatic heterocycles. The molecule has 4 rings (SSSR count). The zero-order valence-electron chi connectivity index (χ0n) is 11.3. The van der Waals surface area contributed by atoms with E-state index < -0.39 is 17.1 Å². The number of nitrogens with zero attached hydrogens (tertiary/aromatic N) is 2. The van der Waals surface area contributed by atoms with Crippen molar-refractivity contribution in [1.82, 2.24) is 14.5 Å². The summed E-state index contributed by atoms with van der Waals surface area (Å²) in [5.74, 6) is -0.450. The van der Waals surface area contributed by atoms with Gasteiger partial charge in [-0.1, -0.05) is 0 Å². The molecule has 0 aliphatic rings. The summed E-state index contributed by atoms with van der Waals surface area (Å²) < 4.78 is 15.7. The number of benzene rings is 1. The second kappa shape index (κ2) is 5.10. The van der Waals surface area contributed by atoms with Crippen LogP contribution in [-0.2, 0) is 0 Å². The van der Waals surface area contributed by atoms with E-state index in [1.807, 2.05) is 0 Å². The van der Waals surface area contributed by atoms with Crippen molar-refractivity contribution in [2.75, 3.05) is 0 Å². The normalized spacial score (nSPS) is 11.4. The molecule has 0 aliphatic carbocycles. The predicted molar refractivity (Wildman–Crippen MR) is 91.0 cm³/mol. The number of hydrogen-bond acceptors (Lipinski definition) is 4. The van der Waals surface area contributed by atoms with Crippen molar-refractivity contribution in [2.45, 2.75) is 0 Å². The number of pyridine rings is 1. The summed E-state index contributed by atoms with van der Waals surface area (Å²) in [5.41, 5.74) is -0.337. The lowest BCUT2D eigenvalue weighted by Gasteiger charge is -2.08. The van der Waals surface area contributed by atoms with Gasteiger partial charge in [0.25, 0.3) is 5.56 Å². The molecule has 0 saturated carbocycles. The van der Waals surface area contributed by atoms with Gasteiger partial charge in [0.1, 0.15) is 10.5 Å². The summed E-state index contributed by atoms with van der Waals surface area (Å²) in [5, 5.41) is 1.09. The van der Waals surface area contributed by atoms with E-state index in [2.05, 4.69) is 25.9 Å². The molecule has 8 heteroatoms. The van der Waals surface area contributed by atoms with Gasteiger partial charge in [-0.05, 0) is 40.2 Å². The Morgan fingerprint density at radius 1 is 1.22 bits per heavy atom. The van der Waals surface area contributed by atoms with Crippen molar-refractivity contribution in [3.05, 3.63) is 67.1 Å². The lowest BCUT2D eigenvalue weighted by molar-refractivity contribution is 0.629. The maximum atomic E-state index is 13.6. The molecule has 23 heavy (non-hydrogen) atoms. The molecular formula is C15H7BrFN3O2S. The van der Waals surface area contributed by atoms with E-state index in [0.29, 0.717) is 21.0 Å². The fourth-order valence-electron chi connectivity index (χ4n) is 2.50. The number of aromatic nitrogens is 3. The third-order valence-corrected chi connectivity index (χ3v) is 5.11. The van der Waals surface area contributed by atoms with Gasteiger partial charge < -0.3 is 4.98 Å². The first kappa shape index (κ1) is 14.3. The molecule has 0 aliphatic heterocycles. The lowest BCUT2D eigenvalue weighted by atomic mass is 10.1. The van der Waals surface area contributed by atoms with E-state index in [9.17, 15) is 14.0 Å². The van der Waals surface area contributed by atoms with Crippen molar-refractivity contribution < 1.29 is 4.39 Å². The largest absolute Gasteiger partial charge is 0.333 e. The van der Waals surface area contributed by atoms with Gasteiger partial charge in [0.2, 0.25) is 0 Å². The third-order valence-electron chi connectivity index (χ3n) is 3.49. The minimum Gasteiger partial charge on any atom is -0.305 e. The second-order valence-corrected chi connectivity index (χ2v) is 7.32. The maximum absolute atomic E-state index is 13.6. The first-order valence-corrected chi connectivity index (χ1v) is 8.13. The van der Waals surface area contributed by atoms with Crippen LogP contribution in [0.3, 0.4) is 0 Å². The van der Waals surface area contributed by atoms with E-state index >= 15 is 0 Å². The molecule has 0 fully saturated rings. The fourth-order valence-corrected chi connectivity index (χ4v) is 3.98. The van der Waals surface area contributed by atoms with Gasteiger partial charge in [-0.3, -0.25) is 9.78 Å². The van der Waals surface area contributed by atoms with Gasteiger partial charge in [-0.2, -0.15) is 0 Å². The van der Waals surface area contributed by atoms with E-state index in [0.717, 1.165) is 8.35 Å². The summed E-state index contributed by atoms with van der Waals surface area (Å²) in [6.07, 6.45) is 2.94. The van der Waals surface area contributed by atoms with Gasteiger partial charge >= 0.3 is 5.69 Å². The van der Waals surface area contributed by atoms with Crippen molar-refractivity contribution in [2.24, 2.45) is 0 Å². The summed E-state index contributed by atoms with van der Waals surface area (Å²) >= 11 is 4.52. The monoisotopic (exact) mass is 391 g/mol. The van der Waals surface area contributed by atoms with Gasteiger partial charge in [0.15, 0.2) is 0 Å². The van der Waals surface area contributed by atoms with Gasteiger partial charge in [-0.25, -0.2) is 13.8 Å². The number of hydrogen-bond donors (Lipinski definition) is 1. The Hall–Kier alpha value is -2.32. The summed E-state index contributed by atoms with van der Waals surface area (Å²) in [4.78, 5) is 31.8. The topological polar surface area (TPSA) is 67.8 Å². The number of fused-ring (bicyclic) bond motifs is 2. The molecule has 1 aromatic carbocycles. The Morgan fingerprint density at radius 3 is 2.87 bits per heavy atom. The molecule has 0 amide bonds. The SMILES string of the molecule is O=c1[nH]c2cc(Br)sc2c(=O)n1-c1cncc2ccc(F)cc12. The van der Waals surface area contributed by atoms with Gasteiger partial charge in [0.05, 0.1) is 21.2 Å². The van der Waals surface area contributed by atoms with Crippen LogP contribution in [0.1, 0.15) is 0 Å². The predicted octanol–water partition coefficient (Wildman–Crippen LogP) is 3.19. The van der Waals surface area contributed by atoms with E-state index in [1.54, 1.807) is 18.3 Å². The van der Waals surface area contributed by atoms with Crippen LogP contribution in [0.5, 0.6) is 0 Å². The summed E-state index contributed by atoms with van der Waals surface area (Å²) in [7, 11) is 0. The molecule has 4 aromatic rings. The van der Waals surface area contributed by atoms with Crippen LogP contribution in [0.4, 0.5) is 4.39 Å². The molecule has 0 saturated heterocycles. The van der Waals surface area contributed by atoms with Crippen molar-refractivity contribution in [1.29, 1.82) is 0 Å². The Bertz CT molecular complexity index is 1190. The molecule has 0 radical (unpaired) electrons. The van der Waals surface area contributed by atoms with Crippen LogP contribution in [0, 0.1) is 5.82 Å². The van der Waals surface area contributed by atoms with Crippen LogP contribution in [-0.4, -0.2) is 14.5 Å². The number of halogens is 2. The van der Waals surface area contributed by atoms with E-state index in [-0.39, 0.29) is 5.69 Å².